The summed E-state index contributed by atoms with van der Waals surface area (Å²) >= 11 is 3.67. The van der Waals surface area contributed by atoms with Gasteiger partial charge in [0.2, 0.25) is 0 Å². The second-order valence-corrected chi connectivity index (χ2v) is 5.66. The van der Waals surface area contributed by atoms with Crippen LogP contribution in [-0.2, 0) is 19.4 Å². The molecule has 1 atom stereocenters. The standard InChI is InChI=1S/C15H21BrN4/c1-4-13-15(16)14(20(5-2)19-13)9-12(17)11-7-6-8-18-10(11)3/h6-8,12H,4-5,9,17H2,1-3H3. The van der Waals surface area contributed by atoms with Crippen LogP contribution in [0.15, 0.2) is 22.8 Å². The number of pyridine rings is 1. The van der Waals surface area contributed by atoms with Crippen molar-refractivity contribution in [3.63, 3.8) is 0 Å². The zero-order valence-corrected chi connectivity index (χ0v) is 13.8. The van der Waals surface area contributed by atoms with Crippen molar-refractivity contribution in [2.24, 2.45) is 5.73 Å². The lowest BCUT2D eigenvalue weighted by Gasteiger charge is -2.15. The summed E-state index contributed by atoms with van der Waals surface area (Å²) in [5, 5.41) is 4.61. The van der Waals surface area contributed by atoms with Crippen LogP contribution in [0.25, 0.3) is 0 Å². The molecule has 2 aromatic rings. The Kier molecular flexibility index (Phi) is 4.94. The van der Waals surface area contributed by atoms with E-state index in [9.17, 15) is 0 Å². The van der Waals surface area contributed by atoms with Crippen LogP contribution in [0.5, 0.6) is 0 Å². The van der Waals surface area contributed by atoms with E-state index in [0.29, 0.717) is 0 Å². The van der Waals surface area contributed by atoms with Crippen LogP contribution in [0.1, 0.15) is 42.5 Å². The second-order valence-electron chi connectivity index (χ2n) is 4.87. The molecule has 0 aliphatic heterocycles. The number of aromatic nitrogens is 3. The highest BCUT2D eigenvalue weighted by Crippen LogP contribution is 2.27. The fraction of sp³-hybridized carbons (Fsp3) is 0.467. The zero-order valence-electron chi connectivity index (χ0n) is 12.2. The summed E-state index contributed by atoms with van der Waals surface area (Å²) in [5.74, 6) is 0. The third kappa shape index (κ3) is 2.94. The van der Waals surface area contributed by atoms with Crippen LogP contribution in [0.2, 0.25) is 0 Å². The monoisotopic (exact) mass is 336 g/mol. The van der Waals surface area contributed by atoms with Crippen molar-refractivity contribution in [2.75, 3.05) is 0 Å². The summed E-state index contributed by atoms with van der Waals surface area (Å²) in [4.78, 5) is 4.31. The second kappa shape index (κ2) is 6.50. The molecule has 20 heavy (non-hydrogen) atoms. The predicted molar refractivity (Wildman–Crippen MR) is 84.6 cm³/mol. The molecule has 0 saturated heterocycles. The Morgan fingerprint density at radius 1 is 1.40 bits per heavy atom. The van der Waals surface area contributed by atoms with E-state index in [1.807, 2.05) is 23.7 Å². The first-order valence-electron chi connectivity index (χ1n) is 6.99. The van der Waals surface area contributed by atoms with E-state index < -0.39 is 0 Å². The van der Waals surface area contributed by atoms with Crippen molar-refractivity contribution < 1.29 is 0 Å². The van der Waals surface area contributed by atoms with Crippen molar-refractivity contribution in [3.8, 4) is 0 Å². The fourth-order valence-electron chi connectivity index (χ4n) is 2.42. The minimum atomic E-state index is -0.0632. The number of aryl methyl sites for hydroxylation is 3. The highest BCUT2D eigenvalue weighted by molar-refractivity contribution is 9.10. The Bertz CT molecular complexity index is 592. The van der Waals surface area contributed by atoms with Crippen molar-refractivity contribution in [2.45, 2.75) is 46.2 Å². The molecular formula is C15H21BrN4. The first kappa shape index (κ1) is 15.2. The van der Waals surface area contributed by atoms with Gasteiger partial charge in [-0.15, -0.1) is 0 Å². The topological polar surface area (TPSA) is 56.7 Å². The van der Waals surface area contributed by atoms with Gasteiger partial charge in [0.25, 0.3) is 0 Å². The van der Waals surface area contributed by atoms with Gasteiger partial charge in [0.1, 0.15) is 0 Å². The summed E-state index contributed by atoms with van der Waals surface area (Å²) in [6.07, 6.45) is 3.47. The van der Waals surface area contributed by atoms with Gasteiger partial charge in [-0.25, -0.2) is 0 Å². The maximum absolute atomic E-state index is 6.37. The van der Waals surface area contributed by atoms with E-state index in [-0.39, 0.29) is 6.04 Å². The van der Waals surface area contributed by atoms with Gasteiger partial charge >= 0.3 is 0 Å². The van der Waals surface area contributed by atoms with E-state index in [2.05, 4.69) is 39.9 Å². The molecule has 0 spiro atoms. The van der Waals surface area contributed by atoms with Gasteiger partial charge in [0.15, 0.2) is 0 Å². The summed E-state index contributed by atoms with van der Waals surface area (Å²) in [5.41, 5.74) is 10.7. The number of hydrogen-bond acceptors (Lipinski definition) is 3. The lowest BCUT2D eigenvalue weighted by molar-refractivity contribution is 0.583. The zero-order chi connectivity index (χ0) is 14.7. The first-order valence-corrected chi connectivity index (χ1v) is 7.78. The van der Waals surface area contributed by atoms with Crippen LogP contribution in [-0.4, -0.2) is 14.8 Å². The average molecular weight is 337 g/mol. The van der Waals surface area contributed by atoms with E-state index in [1.54, 1.807) is 6.20 Å². The Labute approximate surface area is 128 Å². The smallest absolute Gasteiger partial charge is 0.0766 e. The van der Waals surface area contributed by atoms with Crippen LogP contribution in [0, 0.1) is 6.92 Å². The first-order chi connectivity index (χ1) is 9.58. The summed E-state index contributed by atoms with van der Waals surface area (Å²) in [6, 6.07) is 3.92. The fourth-order valence-corrected chi connectivity index (χ4v) is 3.15. The van der Waals surface area contributed by atoms with Crippen LogP contribution in [0.4, 0.5) is 0 Å². The van der Waals surface area contributed by atoms with Crippen molar-refractivity contribution in [1.82, 2.24) is 14.8 Å². The predicted octanol–water partition coefficient (Wildman–Crippen LogP) is 3.17. The minimum Gasteiger partial charge on any atom is -0.324 e. The minimum absolute atomic E-state index is 0.0632. The highest BCUT2D eigenvalue weighted by atomic mass is 79.9. The lowest BCUT2D eigenvalue weighted by Crippen LogP contribution is -2.17. The van der Waals surface area contributed by atoms with Crippen LogP contribution < -0.4 is 5.73 Å². The number of rotatable bonds is 5. The molecule has 0 aliphatic rings. The molecule has 2 heterocycles. The summed E-state index contributed by atoms with van der Waals surface area (Å²) in [7, 11) is 0. The molecule has 2 N–H and O–H groups in total. The van der Waals surface area contributed by atoms with Gasteiger partial charge in [0, 0.05) is 30.9 Å². The molecule has 0 amide bonds. The molecule has 0 aliphatic carbocycles. The van der Waals surface area contributed by atoms with Crippen molar-refractivity contribution >= 4 is 15.9 Å². The molecule has 1 unspecified atom stereocenters. The summed E-state index contributed by atoms with van der Waals surface area (Å²) in [6.45, 7) is 7.07. The van der Waals surface area contributed by atoms with E-state index >= 15 is 0 Å². The molecule has 0 saturated carbocycles. The molecule has 0 radical (unpaired) electrons. The molecule has 108 valence electrons. The van der Waals surface area contributed by atoms with E-state index in [1.165, 1.54) is 5.69 Å². The molecule has 0 fully saturated rings. The van der Waals surface area contributed by atoms with Gasteiger partial charge in [0.05, 0.1) is 15.9 Å². The maximum atomic E-state index is 6.37. The largest absolute Gasteiger partial charge is 0.324 e. The van der Waals surface area contributed by atoms with Gasteiger partial charge in [-0.2, -0.15) is 5.10 Å². The van der Waals surface area contributed by atoms with Gasteiger partial charge in [-0.05, 0) is 47.8 Å². The molecular weight excluding hydrogens is 316 g/mol. The van der Waals surface area contributed by atoms with E-state index in [0.717, 1.165) is 40.8 Å². The molecule has 0 aromatic carbocycles. The normalized spacial score (nSPS) is 12.7. The lowest BCUT2D eigenvalue weighted by atomic mass is 10.0. The Morgan fingerprint density at radius 3 is 2.75 bits per heavy atom. The van der Waals surface area contributed by atoms with Gasteiger partial charge < -0.3 is 5.73 Å². The SMILES string of the molecule is CCc1nn(CC)c(CC(N)c2cccnc2C)c1Br. The third-order valence-corrected chi connectivity index (χ3v) is 4.47. The number of halogens is 1. The van der Waals surface area contributed by atoms with Crippen LogP contribution >= 0.6 is 15.9 Å². The number of hydrogen-bond donors (Lipinski definition) is 1. The quantitative estimate of drug-likeness (QED) is 0.912. The van der Waals surface area contributed by atoms with Crippen LogP contribution in [0.3, 0.4) is 0 Å². The van der Waals surface area contributed by atoms with Crippen molar-refractivity contribution in [1.29, 1.82) is 0 Å². The highest BCUT2D eigenvalue weighted by Gasteiger charge is 2.18. The van der Waals surface area contributed by atoms with Crippen molar-refractivity contribution in [3.05, 3.63) is 45.4 Å². The third-order valence-electron chi connectivity index (χ3n) is 3.55. The summed E-state index contributed by atoms with van der Waals surface area (Å²) < 4.78 is 3.13. The van der Waals surface area contributed by atoms with E-state index in [4.69, 9.17) is 5.73 Å². The molecule has 4 nitrogen and oxygen atoms in total. The van der Waals surface area contributed by atoms with Gasteiger partial charge in [-0.1, -0.05) is 13.0 Å². The molecule has 2 rings (SSSR count). The molecule has 2 aromatic heterocycles. The number of nitrogens with zero attached hydrogens (tertiary/aromatic N) is 3. The molecule has 0 bridgehead atoms. The Hall–Kier alpha value is -1.20. The number of nitrogens with two attached hydrogens (primary N) is 1. The average Bonchev–Trinajstić information content (AvgIpc) is 2.75. The van der Waals surface area contributed by atoms with Gasteiger partial charge in [-0.3, -0.25) is 9.67 Å². The maximum Gasteiger partial charge on any atom is 0.0766 e. The molecule has 5 heteroatoms. The Balaban J connectivity index is 2.30. The Morgan fingerprint density at radius 2 is 2.15 bits per heavy atom.